The molecule has 2 aliphatic rings. The number of fused-ring (bicyclic) bond motifs is 1. The average Bonchev–Trinajstić information content (AvgIpc) is 2.94. The summed E-state index contributed by atoms with van der Waals surface area (Å²) < 4.78 is 36.1. The average molecular weight is 333 g/mol. The number of hydrogen-bond donors (Lipinski definition) is 1. The van der Waals surface area contributed by atoms with Gasteiger partial charge in [0.25, 0.3) is 0 Å². The van der Waals surface area contributed by atoms with Crippen molar-refractivity contribution in [3.8, 4) is 0 Å². The van der Waals surface area contributed by atoms with E-state index in [0.29, 0.717) is 5.56 Å². The Morgan fingerprint density at radius 3 is 2.64 bits per heavy atom. The molecule has 0 spiro atoms. The molecular formula is C15H18ClFO5. The van der Waals surface area contributed by atoms with Crippen LogP contribution in [0, 0.1) is 5.82 Å². The standard InChI is InChI=1S/C15H18ClFO5/c1-15(2)21-12-11(20-14(19-3)13(12)22-15)10(18)7-4-5-8(16)9(17)6-7/h4-6,10-14,18H,1-3H3/t10-,11+,12+,13?,14+/m0/s1. The first-order valence-electron chi connectivity index (χ1n) is 6.99. The second-order valence-corrected chi connectivity index (χ2v) is 6.30. The third-order valence-electron chi connectivity index (χ3n) is 3.88. The van der Waals surface area contributed by atoms with E-state index in [4.69, 9.17) is 30.5 Å². The van der Waals surface area contributed by atoms with Crippen LogP contribution in [0.1, 0.15) is 25.5 Å². The quantitative estimate of drug-likeness (QED) is 0.921. The third-order valence-corrected chi connectivity index (χ3v) is 4.18. The molecule has 0 aliphatic carbocycles. The van der Waals surface area contributed by atoms with E-state index in [0.717, 1.165) is 0 Å². The van der Waals surface area contributed by atoms with Crippen LogP contribution in [-0.2, 0) is 18.9 Å². The van der Waals surface area contributed by atoms with E-state index in [9.17, 15) is 9.50 Å². The second-order valence-electron chi connectivity index (χ2n) is 5.89. The Hall–Kier alpha value is -0.760. The maximum Gasteiger partial charge on any atom is 0.186 e. The van der Waals surface area contributed by atoms with E-state index in [-0.39, 0.29) is 5.02 Å². The molecule has 1 unspecified atom stereocenters. The van der Waals surface area contributed by atoms with E-state index in [1.165, 1.54) is 19.2 Å². The van der Waals surface area contributed by atoms with Gasteiger partial charge in [-0.05, 0) is 31.5 Å². The highest BCUT2D eigenvalue weighted by Crippen LogP contribution is 2.42. The van der Waals surface area contributed by atoms with E-state index in [1.54, 1.807) is 19.9 Å². The summed E-state index contributed by atoms with van der Waals surface area (Å²) >= 11 is 5.66. The van der Waals surface area contributed by atoms with Crippen molar-refractivity contribution < 1.29 is 28.4 Å². The van der Waals surface area contributed by atoms with Gasteiger partial charge in [0.15, 0.2) is 12.1 Å². The summed E-state index contributed by atoms with van der Waals surface area (Å²) in [6.07, 6.45) is -3.41. The first-order valence-corrected chi connectivity index (χ1v) is 7.37. The number of benzene rings is 1. The number of hydrogen-bond acceptors (Lipinski definition) is 5. The van der Waals surface area contributed by atoms with Gasteiger partial charge >= 0.3 is 0 Å². The summed E-state index contributed by atoms with van der Waals surface area (Å²) in [7, 11) is 1.49. The maximum absolute atomic E-state index is 13.6. The number of aliphatic hydroxyl groups excluding tert-OH is 1. The van der Waals surface area contributed by atoms with Crippen LogP contribution in [0.4, 0.5) is 4.39 Å². The van der Waals surface area contributed by atoms with Crippen LogP contribution < -0.4 is 0 Å². The van der Waals surface area contributed by atoms with Crippen LogP contribution in [0.3, 0.4) is 0 Å². The van der Waals surface area contributed by atoms with Crippen LogP contribution in [0.15, 0.2) is 18.2 Å². The Labute approximate surface area is 132 Å². The van der Waals surface area contributed by atoms with E-state index in [1.807, 2.05) is 0 Å². The Morgan fingerprint density at radius 1 is 1.32 bits per heavy atom. The highest BCUT2D eigenvalue weighted by atomic mass is 35.5. The Bertz CT molecular complexity index is 567. The smallest absolute Gasteiger partial charge is 0.186 e. The molecule has 2 heterocycles. The molecule has 0 bridgehead atoms. The van der Waals surface area contributed by atoms with Gasteiger partial charge in [0.2, 0.25) is 0 Å². The molecule has 0 amide bonds. The molecule has 22 heavy (non-hydrogen) atoms. The van der Waals surface area contributed by atoms with Crippen molar-refractivity contribution >= 4 is 11.6 Å². The minimum absolute atomic E-state index is 0.00230. The maximum atomic E-state index is 13.6. The zero-order valence-corrected chi connectivity index (χ0v) is 13.2. The fourth-order valence-electron chi connectivity index (χ4n) is 2.92. The molecule has 0 radical (unpaired) electrons. The highest BCUT2D eigenvalue weighted by Gasteiger charge is 2.57. The van der Waals surface area contributed by atoms with Crippen LogP contribution in [-0.4, -0.2) is 42.6 Å². The van der Waals surface area contributed by atoms with Crippen molar-refractivity contribution in [3.63, 3.8) is 0 Å². The molecule has 2 fully saturated rings. The molecular weight excluding hydrogens is 315 g/mol. The molecule has 0 saturated carbocycles. The number of aliphatic hydroxyl groups is 1. The lowest BCUT2D eigenvalue weighted by atomic mass is 9.99. The molecule has 5 atom stereocenters. The Morgan fingerprint density at radius 2 is 2.00 bits per heavy atom. The summed E-state index contributed by atoms with van der Waals surface area (Å²) in [4.78, 5) is 0. The van der Waals surface area contributed by atoms with Crippen molar-refractivity contribution in [3.05, 3.63) is 34.6 Å². The van der Waals surface area contributed by atoms with Gasteiger partial charge in [0.05, 0.1) is 5.02 Å². The molecule has 7 heteroatoms. The van der Waals surface area contributed by atoms with E-state index in [2.05, 4.69) is 0 Å². The summed E-state index contributed by atoms with van der Waals surface area (Å²) in [5, 5.41) is 10.5. The van der Waals surface area contributed by atoms with Gasteiger partial charge in [0.1, 0.15) is 30.2 Å². The summed E-state index contributed by atoms with van der Waals surface area (Å²) in [6.45, 7) is 3.56. The number of rotatable bonds is 3. The molecule has 2 saturated heterocycles. The van der Waals surface area contributed by atoms with Crippen molar-refractivity contribution in [1.82, 2.24) is 0 Å². The van der Waals surface area contributed by atoms with Crippen LogP contribution in [0.25, 0.3) is 0 Å². The molecule has 0 aromatic heterocycles. The molecule has 1 aromatic carbocycles. The largest absolute Gasteiger partial charge is 0.386 e. The first-order chi connectivity index (χ1) is 10.3. The normalized spacial score (nSPS) is 34.6. The molecule has 2 aliphatic heterocycles. The minimum Gasteiger partial charge on any atom is -0.386 e. The fourth-order valence-corrected chi connectivity index (χ4v) is 3.04. The summed E-state index contributed by atoms with van der Waals surface area (Å²) in [6, 6.07) is 4.13. The number of methoxy groups -OCH3 is 1. The lowest BCUT2D eigenvalue weighted by Crippen LogP contribution is -2.34. The van der Waals surface area contributed by atoms with E-state index < -0.39 is 42.3 Å². The molecule has 122 valence electrons. The SMILES string of the molecule is CO[C@@H]1O[C@H]([C@@H](O)c2ccc(Cl)c(F)c2)[C@H]2OC(C)(C)OC12. The fraction of sp³-hybridized carbons (Fsp3) is 0.600. The van der Waals surface area contributed by atoms with Crippen molar-refractivity contribution in [1.29, 1.82) is 0 Å². The predicted octanol–water partition coefficient (Wildman–Crippen LogP) is 2.40. The number of ether oxygens (including phenoxy) is 4. The lowest BCUT2D eigenvalue weighted by molar-refractivity contribution is -0.237. The summed E-state index contributed by atoms with van der Waals surface area (Å²) in [5.41, 5.74) is 0.357. The van der Waals surface area contributed by atoms with Crippen LogP contribution >= 0.6 is 11.6 Å². The Balaban J connectivity index is 1.85. The minimum atomic E-state index is -1.09. The van der Waals surface area contributed by atoms with Crippen molar-refractivity contribution in [2.75, 3.05) is 7.11 Å². The van der Waals surface area contributed by atoms with Crippen molar-refractivity contribution in [2.45, 2.75) is 50.3 Å². The predicted molar refractivity (Wildman–Crippen MR) is 75.9 cm³/mol. The lowest BCUT2D eigenvalue weighted by Gasteiger charge is -2.26. The second kappa shape index (κ2) is 5.70. The van der Waals surface area contributed by atoms with Crippen molar-refractivity contribution in [2.24, 2.45) is 0 Å². The monoisotopic (exact) mass is 332 g/mol. The van der Waals surface area contributed by atoms with Gasteiger partial charge in [-0.15, -0.1) is 0 Å². The molecule has 1 N–H and O–H groups in total. The summed E-state index contributed by atoms with van der Waals surface area (Å²) in [5.74, 6) is -1.39. The number of halogens is 2. The van der Waals surface area contributed by atoms with Crippen LogP contribution in [0.5, 0.6) is 0 Å². The first kappa shape index (κ1) is 16.1. The van der Waals surface area contributed by atoms with Gasteiger partial charge in [-0.25, -0.2) is 4.39 Å². The van der Waals surface area contributed by atoms with Crippen LogP contribution in [0.2, 0.25) is 5.02 Å². The van der Waals surface area contributed by atoms with Gasteiger partial charge in [0, 0.05) is 7.11 Å². The molecule has 5 nitrogen and oxygen atoms in total. The molecule has 1 aromatic rings. The zero-order valence-electron chi connectivity index (χ0n) is 12.5. The van der Waals surface area contributed by atoms with Gasteiger partial charge < -0.3 is 24.1 Å². The van der Waals surface area contributed by atoms with Gasteiger partial charge in [-0.3, -0.25) is 0 Å². The zero-order chi connectivity index (χ0) is 16.1. The Kier molecular flexibility index (Phi) is 4.18. The topological polar surface area (TPSA) is 57.2 Å². The highest BCUT2D eigenvalue weighted by molar-refractivity contribution is 6.30. The van der Waals surface area contributed by atoms with Gasteiger partial charge in [-0.2, -0.15) is 0 Å². The van der Waals surface area contributed by atoms with Gasteiger partial charge in [-0.1, -0.05) is 17.7 Å². The van der Waals surface area contributed by atoms with E-state index >= 15 is 0 Å². The molecule has 3 rings (SSSR count). The third kappa shape index (κ3) is 2.75.